The van der Waals surface area contributed by atoms with Crippen LogP contribution in [-0.2, 0) is 11.2 Å². The van der Waals surface area contributed by atoms with Gasteiger partial charge in [-0.1, -0.05) is 25.1 Å². The highest BCUT2D eigenvalue weighted by molar-refractivity contribution is 5.92. The Kier molecular flexibility index (Phi) is 4.51. The lowest BCUT2D eigenvalue weighted by atomic mass is 9.95. The van der Waals surface area contributed by atoms with Gasteiger partial charge in [-0.2, -0.15) is 0 Å². The van der Waals surface area contributed by atoms with Crippen LogP contribution in [0.5, 0.6) is 0 Å². The average Bonchev–Trinajstić information content (AvgIpc) is 2.60. The first-order chi connectivity index (χ1) is 11.1. The second-order valence-electron chi connectivity index (χ2n) is 6.52. The molecule has 2 heterocycles. The Morgan fingerprint density at radius 3 is 2.87 bits per heavy atom. The SMILES string of the molecule is CCc1cc(N2CCCC(C(=O)N(C)C)C2)c2ccccc2n1. The Bertz CT molecular complexity index is 711. The summed E-state index contributed by atoms with van der Waals surface area (Å²) in [7, 11) is 3.69. The van der Waals surface area contributed by atoms with Gasteiger partial charge in [0.05, 0.1) is 11.4 Å². The fraction of sp³-hybridized carbons (Fsp3) is 0.474. The molecule has 4 heteroatoms. The minimum Gasteiger partial charge on any atom is -0.370 e. The molecule has 0 bridgehead atoms. The quantitative estimate of drug-likeness (QED) is 0.874. The minimum atomic E-state index is 0.0933. The number of piperidine rings is 1. The Hall–Kier alpha value is -2.10. The monoisotopic (exact) mass is 311 g/mol. The average molecular weight is 311 g/mol. The molecule has 2 aromatic rings. The molecule has 122 valence electrons. The number of carbonyl (C=O) groups is 1. The van der Waals surface area contributed by atoms with E-state index in [4.69, 9.17) is 4.98 Å². The van der Waals surface area contributed by atoms with Crippen molar-refractivity contribution < 1.29 is 4.79 Å². The van der Waals surface area contributed by atoms with E-state index >= 15 is 0 Å². The number of aryl methyl sites for hydroxylation is 1. The number of hydrogen-bond acceptors (Lipinski definition) is 3. The first-order valence-electron chi connectivity index (χ1n) is 8.45. The van der Waals surface area contributed by atoms with Crippen LogP contribution in [0, 0.1) is 5.92 Å². The number of para-hydroxylation sites is 1. The highest BCUT2D eigenvalue weighted by Gasteiger charge is 2.27. The number of rotatable bonds is 3. The van der Waals surface area contributed by atoms with Gasteiger partial charge in [-0.25, -0.2) is 0 Å². The summed E-state index contributed by atoms with van der Waals surface area (Å²) in [6.45, 7) is 3.94. The van der Waals surface area contributed by atoms with Crippen LogP contribution in [0.2, 0.25) is 0 Å². The predicted octanol–water partition coefficient (Wildman–Crippen LogP) is 3.10. The second kappa shape index (κ2) is 6.57. The van der Waals surface area contributed by atoms with Gasteiger partial charge >= 0.3 is 0 Å². The highest BCUT2D eigenvalue weighted by Crippen LogP contribution is 2.31. The smallest absolute Gasteiger partial charge is 0.226 e. The van der Waals surface area contributed by atoms with Crippen molar-refractivity contribution >= 4 is 22.5 Å². The Balaban J connectivity index is 1.97. The molecule has 0 aliphatic carbocycles. The molecule has 1 saturated heterocycles. The zero-order valence-corrected chi connectivity index (χ0v) is 14.2. The molecule has 1 aliphatic heterocycles. The molecule has 0 N–H and O–H groups in total. The van der Waals surface area contributed by atoms with Crippen molar-refractivity contribution in [1.29, 1.82) is 0 Å². The molecular weight excluding hydrogens is 286 g/mol. The maximum Gasteiger partial charge on any atom is 0.226 e. The van der Waals surface area contributed by atoms with Crippen molar-refractivity contribution in [1.82, 2.24) is 9.88 Å². The van der Waals surface area contributed by atoms with E-state index in [0.717, 1.165) is 43.6 Å². The summed E-state index contributed by atoms with van der Waals surface area (Å²) >= 11 is 0. The number of nitrogens with zero attached hydrogens (tertiary/aromatic N) is 3. The number of hydrogen-bond donors (Lipinski definition) is 0. The van der Waals surface area contributed by atoms with Crippen LogP contribution in [0.1, 0.15) is 25.5 Å². The molecule has 1 aromatic heterocycles. The Morgan fingerprint density at radius 2 is 2.13 bits per heavy atom. The molecule has 1 unspecified atom stereocenters. The van der Waals surface area contributed by atoms with Crippen LogP contribution in [0.25, 0.3) is 10.9 Å². The van der Waals surface area contributed by atoms with Gasteiger partial charge in [0.2, 0.25) is 5.91 Å². The van der Waals surface area contributed by atoms with Crippen LogP contribution in [0.15, 0.2) is 30.3 Å². The first kappa shape index (κ1) is 15.8. The normalized spacial score (nSPS) is 18.2. The van der Waals surface area contributed by atoms with Crippen LogP contribution in [0.4, 0.5) is 5.69 Å². The zero-order chi connectivity index (χ0) is 16.4. The van der Waals surface area contributed by atoms with Crippen molar-refractivity contribution in [2.75, 3.05) is 32.1 Å². The fourth-order valence-corrected chi connectivity index (χ4v) is 3.42. The number of benzene rings is 1. The zero-order valence-electron chi connectivity index (χ0n) is 14.2. The van der Waals surface area contributed by atoms with Gasteiger partial charge in [-0.05, 0) is 31.4 Å². The molecule has 4 nitrogen and oxygen atoms in total. The van der Waals surface area contributed by atoms with E-state index in [0.29, 0.717) is 0 Å². The number of amides is 1. The molecule has 1 fully saturated rings. The third-order valence-corrected chi connectivity index (χ3v) is 4.66. The van der Waals surface area contributed by atoms with Gasteiger partial charge in [-0.15, -0.1) is 0 Å². The van der Waals surface area contributed by atoms with Gasteiger partial charge in [-0.3, -0.25) is 9.78 Å². The Morgan fingerprint density at radius 1 is 1.35 bits per heavy atom. The summed E-state index contributed by atoms with van der Waals surface area (Å²) in [5, 5.41) is 1.18. The summed E-state index contributed by atoms with van der Waals surface area (Å²) in [4.78, 5) is 21.2. The molecule has 1 atom stereocenters. The maximum atomic E-state index is 12.3. The summed E-state index contributed by atoms with van der Waals surface area (Å²) in [6, 6.07) is 10.5. The molecule has 0 radical (unpaired) electrons. The molecule has 23 heavy (non-hydrogen) atoms. The van der Waals surface area contributed by atoms with Crippen molar-refractivity contribution in [3.05, 3.63) is 36.0 Å². The van der Waals surface area contributed by atoms with E-state index in [2.05, 4.69) is 36.1 Å². The lowest BCUT2D eigenvalue weighted by molar-refractivity contribution is -0.133. The lowest BCUT2D eigenvalue weighted by Gasteiger charge is -2.35. The minimum absolute atomic E-state index is 0.0933. The van der Waals surface area contributed by atoms with E-state index in [1.54, 1.807) is 4.90 Å². The van der Waals surface area contributed by atoms with Crippen molar-refractivity contribution in [3.63, 3.8) is 0 Å². The molecular formula is C19H25N3O. The summed E-state index contributed by atoms with van der Waals surface area (Å²) in [5.41, 5.74) is 3.38. The van der Waals surface area contributed by atoms with E-state index < -0.39 is 0 Å². The van der Waals surface area contributed by atoms with E-state index in [1.165, 1.54) is 11.1 Å². The van der Waals surface area contributed by atoms with Crippen LogP contribution < -0.4 is 4.90 Å². The van der Waals surface area contributed by atoms with Crippen LogP contribution >= 0.6 is 0 Å². The third-order valence-electron chi connectivity index (χ3n) is 4.66. The molecule has 1 aromatic carbocycles. The fourth-order valence-electron chi connectivity index (χ4n) is 3.42. The molecule has 1 amide bonds. The lowest BCUT2D eigenvalue weighted by Crippen LogP contribution is -2.42. The number of pyridine rings is 1. The second-order valence-corrected chi connectivity index (χ2v) is 6.52. The molecule has 0 saturated carbocycles. The number of anilines is 1. The van der Waals surface area contributed by atoms with Crippen molar-refractivity contribution in [3.8, 4) is 0 Å². The molecule has 3 rings (SSSR count). The number of fused-ring (bicyclic) bond motifs is 1. The predicted molar refractivity (Wildman–Crippen MR) is 94.8 cm³/mol. The largest absolute Gasteiger partial charge is 0.370 e. The van der Waals surface area contributed by atoms with Crippen molar-refractivity contribution in [2.45, 2.75) is 26.2 Å². The van der Waals surface area contributed by atoms with E-state index in [9.17, 15) is 4.79 Å². The third kappa shape index (κ3) is 3.16. The van der Waals surface area contributed by atoms with Crippen molar-refractivity contribution in [2.24, 2.45) is 5.92 Å². The standard InChI is InChI=1S/C19H25N3O/c1-4-15-12-18(16-9-5-6-10-17(16)20-15)22-11-7-8-14(13-22)19(23)21(2)3/h5-6,9-10,12,14H,4,7-8,11,13H2,1-3H3. The summed E-state index contributed by atoms with van der Waals surface area (Å²) < 4.78 is 0. The molecule has 1 aliphatic rings. The highest BCUT2D eigenvalue weighted by atomic mass is 16.2. The van der Waals surface area contributed by atoms with E-state index in [-0.39, 0.29) is 11.8 Å². The van der Waals surface area contributed by atoms with Gasteiger partial charge in [0, 0.05) is 44.0 Å². The van der Waals surface area contributed by atoms with Gasteiger partial charge in [0.1, 0.15) is 0 Å². The van der Waals surface area contributed by atoms with Crippen LogP contribution in [-0.4, -0.2) is 43.0 Å². The summed E-state index contributed by atoms with van der Waals surface area (Å²) in [5.74, 6) is 0.333. The van der Waals surface area contributed by atoms with E-state index in [1.807, 2.05) is 20.2 Å². The Labute approximate surface area is 138 Å². The number of carbonyl (C=O) groups excluding carboxylic acids is 1. The van der Waals surface area contributed by atoms with Gasteiger partial charge in [0.15, 0.2) is 0 Å². The topological polar surface area (TPSA) is 36.4 Å². The maximum absolute atomic E-state index is 12.3. The van der Waals surface area contributed by atoms with Crippen LogP contribution in [0.3, 0.4) is 0 Å². The van der Waals surface area contributed by atoms with Gasteiger partial charge in [0.25, 0.3) is 0 Å². The number of aromatic nitrogens is 1. The first-order valence-corrected chi connectivity index (χ1v) is 8.45. The molecule has 0 spiro atoms. The summed E-state index contributed by atoms with van der Waals surface area (Å²) in [6.07, 6.45) is 2.96. The van der Waals surface area contributed by atoms with Gasteiger partial charge < -0.3 is 9.80 Å².